The lowest BCUT2D eigenvalue weighted by Gasteiger charge is -2.18. The number of nitrogens with one attached hydrogen (secondary N) is 2. The lowest BCUT2D eigenvalue weighted by atomic mass is 10.1. The molecule has 1 saturated heterocycles. The van der Waals surface area contributed by atoms with Crippen molar-refractivity contribution in [1.82, 2.24) is 10.3 Å². The van der Waals surface area contributed by atoms with E-state index in [-0.39, 0.29) is 12.0 Å². The van der Waals surface area contributed by atoms with Crippen LogP contribution in [0.5, 0.6) is 5.75 Å². The summed E-state index contributed by atoms with van der Waals surface area (Å²) in [6.07, 6.45) is 4.49. The quantitative estimate of drug-likeness (QED) is 0.421. The van der Waals surface area contributed by atoms with Gasteiger partial charge < -0.3 is 20.1 Å². The largest absolute Gasteiger partial charge is 0.497 e. The van der Waals surface area contributed by atoms with Gasteiger partial charge in [0.15, 0.2) is 0 Å². The van der Waals surface area contributed by atoms with Gasteiger partial charge in [0, 0.05) is 42.4 Å². The van der Waals surface area contributed by atoms with Gasteiger partial charge in [0.25, 0.3) is 0 Å². The van der Waals surface area contributed by atoms with Crippen LogP contribution in [0.25, 0.3) is 10.9 Å². The highest BCUT2D eigenvalue weighted by Crippen LogP contribution is 2.28. The van der Waals surface area contributed by atoms with Gasteiger partial charge in [-0.1, -0.05) is 6.07 Å². The highest BCUT2D eigenvalue weighted by atomic mass is 16.5. The number of anilines is 1. The van der Waals surface area contributed by atoms with Crippen molar-refractivity contribution in [2.45, 2.75) is 39.2 Å². The van der Waals surface area contributed by atoms with Crippen LogP contribution in [-0.2, 0) is 9.53 Å². The topological polar surface area (TPSA) is 72.5 Å². The predicted molar refractivity (Wildman–Crippen MR) is 107 cm³/mol. The normalized spacial score (nSPS) is 16.8. The summed E-state index contributed by atoms with van der Waals surface area (Å²) in [5.41, 5.74) is 3.64. The molecule has 3 rings (SSSR count). The Kier molecular flexibility index (Phi) is 6.16. The van der Waals surface area contributed by atoms with E-state index in [0.717, 1.165) is 53.0 Å². The van der Waals surface area contributed by atoms with E-state index in [1.165, 1.54) is 0 Å². The Balaban J connectivity index is 1.54. The van der Waals surface area contributed by atoms with Crippen molar-refractivity contribution in [2.75, 3.05) is 25.6 Å². The molecule has 1 fully saturated rings. The van der Waals surface area contributed by atoms with Crippen LogP contribution in [0.2, 0.25) is 0 Å². The van der Waals surface area contributed by atoms with Crippen molar-refractivity contribution in [2.24, 2.45) is 0 Å². The monoisotopic (exact) mass is 369 g/mol. The molecule has 1 aromatic carbocycles. The first kappa shape index (κ1) is 19.0. The number of carbonyl (C=O) groups excluding carboxylic acids is 1. The summed E-state index contributed by atoms with van der Waals surface area (Å²) in [4.78, 5) is 16.1. The van der Waals surface area contributed by atoms with Crippen LogP contribution in [0.4, 0.5) is 5.69 Å². The number of carbonyl (C=O) groups is 1. The number of esters is 1. The van der Waals surface area contributed by atoms with Gasteiger partial charge in [-0.25, -0.2) is 4.79 Å². The third-order valence-electron chi connectivity index (χ3n) is 4.80. The molecule has 0 aliphatic carbocycles. The molecule has 2 heterocycles. The zero-order chi connectivity index (χ0) is 19.2. The Bertz CT molecular complexity index is 848. The number of allylic oxidation sites excluding steroid dienone is 1. The molecule has 0 amide bonds. The summed E-state index contributed by atoms with van der Waals surface area (Å²) in [6, 6.07) is 8.23. The Morgan fingerprint density at radius 3 is 3.00 bits per heavy atom. The third kappa shape index (κ3) is 4.70. The van der Waals surface area contributed by atoms with E-state index in [1.54, 1.807) is 13.3 Å². The first-order chi connectivity index (χ1) is 13.1. The van der Waals surface area contributed by atoms with Crippen molar-refractivity contribution in [3.8, 4) is 5.75 Å². The summed E-state index contributed by atoms with van der Waals surface area (Å²) in [5.74, 6) is 0.630. The van der Waals surface area contributed by atoms with Gasteiger partial charge in [-0.3, -0.25) is 4.98 Å². The fraction of sp³-hybridized carbons (Fsp3) is 0.429. The van der Waals surface area contributed by atoms with Crippen molar-refractivity contribution < 1.29 is 14.3 Å². The number of hydrogen-bond donors (Lipinski definition) is 2. The number of ether oxygens (including phenoxy) is 2. The summed E-state index contributed by atoms with van der Waals surface area (Å²) >= 11 is 0. The molecular formula is C21H27N3O3. The standard InChI is InChI=1S/C21H27N3O3/c1-14(6-4-9-22-15(2)18-8-11-27-21(18)25)24-19-13-17(26-3)12-16-7-5-10-23-20(16)19/h5,7,10,12-14,22,24H,4,6,8-9,11H2,1-3H3/b18-15-/t14-/m0/s1. The number of nitrogens with zero attached hydrogens (tertiary/aromatic N) is 1. The van der Waals surface area contributed by atoms with Crippen LogP contribution in [-0.4, -0.2) is 37.3 Å². The lowest BCUT2D eigenvalue weighted by Crippen LogP contribution is -2.20. The molecule has 2 N–H and O–H groups in total. The van der Waals surface area contributed by atoms with Gasteiger partial charge in [-0.2, -0.15) is 0 Å². The molecule has 1 aliphatic rings. The minimum atomic E-state index is -0.188. The number of rotatable bonds is 8. The Hall–Kier alpha value is -2.76. The molecule has 0 spiro atoms. The van der Waals surface area contributed by atoms with Crippen LogP contribution in [0.3, 0.4) is 0 Å². The fourth-order valence-electron chi connectivity index (χ4n) is 3.30. The van der Waals surface area contributed by atoms with E-state index in [1.807, 2.05) is 31.2 Å². The van der Waals surface area contributed by atoms with Crippen LogP contribution in [0, 0.1) is 0 Å². The molecule has 1 aliphatic heterocycles. The number of fused-ring (bicyclic) bond motifs is 1. The average molecular weight is 369 g/mol. The molecule has 0 radical (unpaired) electrons. The van der Waals surface area contributed by atoms with Crippen LogP contribution in [0.15, 0.2) is 41.7 Å². The van der Waals surface area contributed by atoms with Crippen molar-refractivity contribution in [1.29, 1.82) is 0 Å². The third-order valence-corrected chi connectivity index (χ3v) is 4.80. The number of methoxy groups -OCH3 is 1. The van der Waals surface area contributed by atoms with E-state index in [0.29, 0.717) is 13.0 Å². The van der Waals surface area contributed by atoms with Crippen LogP contribution >= 0.6 is 0 Å². The van der Waals surface area contributed by atoms with Gasteiger partial charge in [0.1, 0.15) is 5.75 Å². The minimum Gasteiger partial charge on any atom is -0.497 e. The first-order valence-electron chi connectivity index (χ1n) is 9.38. The molecular weight excluding hydrogens is 342 g/mol. The number of pyridine rings is 1. The van der Waals surface area contributed by atoms with Gasteiger partial charge in [0.05, 0.1) is 30.5 Å². The van der Waals surface area contributed by atoms with Crippen LogP contribution in [0.1, 0.15) is 33.1 Å². The first-order valence-corrected chi connectivity index (χ1v) is 9.38. The van der Waals surface area contributed by atoms with Gasteiger partial charge in [0.2, 0.25) is 0 Å². The second-order valence-electron chi connectivity index (χ2n) is 6.85. The molecule has 6 nitrogen and oxygen atoms in total. The SMILES string of the molecule is COc1cc(N[C@@H](C)CCCN/C(C)=C2/CCOC2=O)c2ncccc2c1. The molecule has 1 atom stereocenters. The van der Waals surface area contributed by atoms with Crippen molar-refractivity contribution in [3.63, 3.8) is 0 Å². The van der Waals surface area contributed by atoms with E-state index in [4.69, 9.17) is 9.47 Å². The Morgan fingerprint density at radius 1 is 1.41 bits per heavy atom. The highest BCUT2D eigenvalue weighted by molar-refractivity contribution is 5.92. The van der Waals surface area contributed by atoms with E-state index < -0.39 is 0 Å². The molecule has 144 valence electrons. The maximum atomic E-state index is 11.6. The van der Waals surface area contributed by atoms with Crippen LogP contribution < -0.4 is 15.4 Å². The average Bonchev–Trinajstić information content (AvgIpc) is 3.11. The van der Waals surface area contributed by atoms with Crippen molar-refractivity contribution >= 4 is 22.6 Å². The van der Waals surface area contributed by atoms with E-state index >= 15 is 0 Å². The maximum absolute atomic E-state index is 11.6. The molecule has 0 bridgehead atoms. The van der Waals surface area contributed by atoms with Gasteiger partial charge in [-0.05, 0) is 38.8 Å². The molecule has 0 saturated carbocycles. The number of benzene rings is 1. The highest BCUT2D eigenvalue weighted by Gasteiger charge is 2.21. The van der Waals surface area contributed by atoms with Crippen molar-refractivity contribution in [3.05, 3.63) is 41.7 Å². The summed E-state index contributed by atoms with van der Waals surface area (Å²) in [7, 11) is 1.67. The second kappa shape index (κ2) is 8.75. The number of cyclic esters (lactones) is 1. The number of hydrogen-bond acceptors (Lipinski definition) is 6. The second-order valence-corrected chi connectivity index (χ2v) is 6.85. The summed E-state index contributed by atoms with van der Waals surface area (Å²) in [5, 5.41) is 7.95. The van der Waals surface area contributed by atoms with Gasteiger partial charge in [-0.15, -0.1) is 0 Å². The van der Waals surface area contributed by atoms with E-state index in [9.17, 15) is 4.79 Å². The zero-order valence-corrected chi connectivity index (χ0v) is 16.2. The predicted octanol–water partition coefficient (Wildman–Crippen LogP) is 3.63. The molecule has 6 heteroatoms. The lowest BCUT2D eigenvalue weighted by molar-refractivity contribution is -0.135. The molecule has 27 heavy (non-hydrogen) atoms. The molecule has 2 aromatic rings. The Morgan fingerprint density at radius 2 is 2.26 bits per heavy atom. The zero-order valence-electron chi connectivity index (χ0n) is 16.2. The smallest absolute Gasteiger partial charge is 0.335 e. The van der Waals surface area contributed by atoms with Gasteiger partial charge >= 0.3 is 5.97 Å². The maximum Gasteiger partial charge on any atom is 0.335 e. The number of aromatic nitrogens is 1. The Labute approximate surface area is 160 Å². The van der Waals surface area contributed by atoms with E-state index in [2.05, 4.69) is 22.5 Å². The molecule has 0 unspecified atom stereocenters. The summed E-state index contributed by atoms with van der Waals surface area (Å²) < 4.78 is 10.4. The summed E-state index contributed by atoms with van der Waals surface area (Å²) in [6.45, 7) is 5.42. The fourth-order valence-corrected chi connectivity index (χ4v) is 3.30. The minimum absolute atomic E-state index is 0.188. The molecule has 1 aromatic heterocycles.